The molecule has 0 bridgehead atoms. The number of hydrogen-bond donors (Lipinski definition) is 0. The van der Waals surface area contributed by atoms with Gasteiger partial charge >= 0.3 is 6.18 Å². The van der Waals surface area contributed by atoms with E-state index >= 15 is 0 Å². The standard InChI is InChI=1S/C24H24F3N3O2/c1-17-15-22(24(25,26)27)28-30(17)16-23(31)29-13-11-21(12-14-29)32-20-9-7-19(8-10-20)18-5-3-2-4-6-18/h2-10,15,21H,11-14,16H2,1H3. The smallest absolute Gasteiger partial charge is 0.435 e. The zero-order valence-electron chi connectivity index (χ0n) is 17.7. The zero-order valence-corrected chi connectivity index (χ0v) is 17.7. The predicted molar refractivity (Wildman–Crippen MR) is 114 cm³/mol. The number of nitrogens with zero attached hydrogens (tertiary/aromatic N) is 3. The number of carbonyl (C=O) groups excluding carboxylic acids is 1. The molecule has 0 aliphatic carbocycles. The first-order valence-electron chi connectivity index (χ1n) is 10.5. The number of piperidine rings is 1. The summed E-state index contributed by atoms with van der Waals surface area (Å²) in [4.78, 5) is 14.2. The van der Waals surface area contributed by atoms with Gasteiger partial charge in [0.1, 0.15) is 18.4 Å². The number of ether oxygens (including phenoxy) is 1. The van der Waals surface area contributed by atoms with Gasteiger partial charge in [0.2, 0.25) is 5.91 Å². The highest BCUT2D eigenvalue weighted by molar-refractivity contribution is 5.76. The fraction of sp³-hybridized carbons (Fsp3) is 0.333. The average molecular weight is 443 g/mol. The Hall–Kier alpha value is -3.29. The van der Waals surface area contributed by atoms with Crippen molar-refractivity contribution in [2.24, 2.45) is 0 Å². The summed E-state index contributed by atoms with van der Waals surface area (Å²) in [6, 6.07) is 19.0. The van der Waals surface area contributed by atoms with Crippen LogP contribution in [0.5, 0.6) is 5.75 Å². The summed E-state index contributed by atoms with van der Waals surface area (Å²) in [5, 5.41) is 3.54. The van der Waals surface area contributed by atoms with E-state index in [9.17, 15) is 18.0 Å². The van der Waals surface area contributed by atoms with Crippen molar-refractivity contribution in [3.63, 3.8) is 0 Å². The summed E-state index contributed by atoms with van der Waals surface area (Å²) in [5.74, 6) is 0.539. The Labute approximate surface area is 184 Å². The first-order valence-corrected chi connectivity index (χ1v) is 10.5. The van der Waals surface area contributed by atoms with Crippen LogP contribution in [0, 0.1) is 6.92 Å². The van der Waals surface area contributed by atoms with Gasteiger partial charge in [0, 0.05) is 31.6 Å². The number of aryl methyl sites for hydroxylation is 1. The quantitative estimate of drug-likeness (QED) is 0.561. The van der Waals surface area contributed by atoms with Crippen LogP contribution in [-0.2, 0) is 17.5 Å². The molecule has 32 heavy (non-hydrogen) atoms. The Balaban J connectivity index is 1.29. The molecule has 1 fully saturated rings. The van der Waals surface area contributed by atoms with Crippen LogP contribution in [0.3, 0.4) is 0 Å². The van der Waals surface area contributed by atoms with Gasteiger partial charge in [-0.2, -0.15) is 18.3 Å². The summed E-state index contributed by atoms with van der Waals surface area (Å²) in [6.45, 7) is 2.31. The number of alkyl halides is 3. The fourth-order valence-corrected chi connectivity index (χ4v) is 3.81. The normalized spacial score (nSPS) is 15.1. The maximum Gasteiger partial charge on any atom is 0.435 e. The molecule has 0 saturated carbocycles. The number of aromatic nitrogens is 2. The van der Waals surface area contributed by atoms with Crippen molar-refractivity contribution in [3.05, 3.63) is 72.1 Å². The van der Waals surface area contributed by atoms with Gasteiger partial charge in [-0.15, -0.1) is 0 Å². The van der Waals surface area contributed by atoms with Crippen LogP contribution in [0.4, 0.5) is 13.2 Å². The van der Waals surface area contributed by atoms with E-state index in [4.69, 9.17) is 4.74 Å². The molecular formula is C24H24F3N3O2. The number of amides is 1. The number of rotatable bonds is 5. The summed E-state index contributed by atoms with van der Waals surface area (Å²) in [6.07, 6.45) is -3.20. The number of halogens is 3. The molecule has 1 aliphatic heterocycles. The molecule has 0 unspecified atom stereocenters. The molecule has 8 heteroatoms. The topological polar surface area (TPSA) is 47.4 Å². The highest BCUT2D eigenvalue weighted by atomic mass is 19.4. The zero-order chi connectivity index (χ0) is 22.7. The summed E-state index contributed by atoms with van der Waals surface area (Å²) in [5.41, 5.74) is 1.58. The maximum absolute atomic E-state index is 12.8. The number of benzene rings is 2. The van der Waals surface area contributed by atoms with Gasteiger partial charge in [0.15, 0.2) is 5.69 Å². The van der Waals surface area contributed by atoms with E-state index in [1.807, 2.05) is 42.5 Å². The second-order valence-corrected chi connectivity index (χ2v) is 7.91. The second-order valence-electron chi connectivity index (χ2n) is 7.91. The third-order valence-corrected chi connectivity index (χ3v) is 5.62. The number of hydrogen-bond acceptors (Lipinski definition) is 3. The molecule has 4 rings (SSSR count). The highest BCUT2D eigenvalue weighted by Gasteiger charge is 2.35. The summed E-state index contributed by atoms with van der Waals surface area (Å²) >= 11 is 0. The molecule has 1 aromatic heterocycles. The minimum Gasteiger partial charge on any atom is -0.490 e. The monoisotopic (exact) mass is 443 g/mol. The van der Waals surface area contributed by atoms with Crippen molar-refractivity contribution in [2.45, 2.75) is 38.6 Å². The van der Waals surface area contributed by atoms with Gasteiger partial charge in [0.25, 0.3) is 0 Å². The van der Waals surface area contributed by atoms with Crippen molar-refractivity contribution in [2.75, 3.05) is 13.1 Å². The molecule has 0 spiro atoms. The van der Waals surface area contributed by atoms with Crippen LogP contribution >= 0.6 is 0 Å². The molecule has 168 valence electrons. The van der Waals surface area contributed by atoms with E-state index in [1.54, 1.807) is 4.90 Å². The highest BCUT2D eigenvalue weighted by Crippen LogP contribution is 2.28. The Bertz CT molecular complexity index is 1050. The van der Waals surface area contributed by atoms with Gasteiger partial charge in [-0.3, -0.25) is 9.48 Å². The minimum absolute atomic E-state index is 0.00935. The van der Waals surface area contributed by atoms with Gasteiger partial charge in [-0.1, -0.05) is 42.5 Å². The largest absolute Gasteiger partial charge is 0.490 e. The van der Waals surface area contributed by atoms with E-state index in [0.29, 0.717) is 31.6 Å². The summed E-state index contributed by atoms with van der Waals surface area (Å²) < 4.78 is 45.6. The van der Waals surface area contributed by atoms with Crippen molar-refractivity contribution in [1.82, 2.24) is 14.7 Å². The first kappa shape index (κ1) is 21.9. The third kappa shape index (κ3) is 5.12. The van der Waals surface area contributed by atoms with Crippen LogP contribution in [0.15, 0.2) is 60.7 Å². The van der Waals surface area contributed by atoms with E-state index in [2.05, 4.69) is 17.2 Å². The fourth-order valence-electron chi connectivity index (χ4n) is 3.81. The lowest BCUT2D eigenvalue weighted by molar-refractivity contribution is -0.142. The van der Waals surface area contributed by atoms with Crippen LogP contribution in [0.25, 0.3) is 11.1 Å². The third-order valence-electron chi connectivity index (χ3n) is 5.62. The maximum atomic E-state index is 12.8. The lowest BCUT2D eigenvalue weighted by Crippen LogP contribution is -2.43. The number of carbonyl (C=O) groups is 1. The van der Waals surface area contributed by atoms with Crippen LogP contribution in [0.1, 0.15) is 24.2 Å². The Morgan fingerprint density at radius 1 is 1.03 bits per heavy atom. The van der Waals surface area contributed by atoms with E-state index in [-0.39, 0.29) is 18.6 Å². The molecule has 0 radical (unpaired) electrons. The van der Waals surface area contributed by atoms with E-state index in [0.717, 1.165) is 27.6 Å². The van der Waals surface area contributed by atoms with Crippen LogP contribution < -0.4 is 4.74 Å². The average Bonchev–Trinajstić information content (AvgIpc) is 3.16. The first-order chi connectivity index (χ1) is 15.3. The van der Waals surface area contributed by atoms with Gasteiger partial charge in [-0.25, -0.2) is 0 Å². The molecule has 0 N–H and O–H groups in total. The number of likely N-dealkylation sites (tertiary alicyclic amines) is 1. The Morgan fingerprint density at radius 3 is 2.25 bits per heavy atom. The van der Waals surface area contributed by atoms with Crippen LogP contribution in [-0.4, -0.2) is 39.8 Å². The minimum atomic E-state index is -4.52. The second kappa shape index (κ2) is 9.06. The molecule has 1 saturated heterocycles. The van der Waals surface area contributed by atoms with E-state index < -0.39 is 11.9 Å². The molecule has 5 nitrogen and oxygen atoms in total. The molecular weight excluding hydrogens is 419 g/mol. The van der Waals surface area contributed by atoms with Crippen LogP contribution in [0.2, 0.25) is 0 Å². The SMILES string of the molecule is Cc1cc(C(F)(F)F)nn1CC(=O)N1CCC(Oc2ccc(-c3ccccc3)cc2)CC1. The van der Waals surface area contributed by atoms with E-state index in [1.165, 1.54) is 6.92 Å². The molecule has 3 aromatic rings. The lowest BCUT2D eigenvalue weighted by atomic mass is 10.1. The molecule has 2 heterocycles. The van der Waals surface area contributed by atoms with Gasteiger partial charge in [-0.05, 0) is 36.2 Å². The lowest BCUT2D eigenvalue weighted by Gasteiger charge is -2.32. The molecule has 0 atom stereocenters. The molecule has 1 amide bonds. The van der Waals surface area contributed by atoms with Crippen molar-refractivity contribution in [1.29, 1.82) is 0 Å². The van der Waals surface area contributed by atoms with Crippen molar-refractivity contribution < 1.29 is 22.7 Å². The van der Waals surface area contributed by atoms with Gasteiger partial charge < -0.3 is 9.64 Å². The summed E-state index contributed by atoms with van der Waals surface area (Å²) in [7, 11) is 0. The Kier molecular flexibility index (Phi) is 6.21. The van der Waals surface area contributed by atoms with Crippen molar-refractivity contribution in [3.8, 4) is 16.9 Å². The van der Waals surface area contributed by atoms with Crippen molar-refractivity contribution >= 4 is 5.91 Å². The molecule has 1 aliphatic rings. The molecule has 2 aromatic carbocycles. The van der Waals surface area contributed by atoms with Gasteiger partial charge in [0.05, 0.1) is 0 Å². The Morgan fingerprint density at radius 2 is 1.66 bits per heavy atom. The predicted octanol–water partition coefficient (Wildman–Crippen LogP) is 4.95.